The smallest absolute Gasteiger partial charge is 0.272 e. The SMILES string of the molecule is Cc1cccc(N2CCN(C(=O)c3cc(NC4CCCCCC4)ncn3)CC2)c1. The lowest BCUT2D eigenvalue weighted by Crippen LogP contribution is -2.49. The zero-order valence-corrected chi connectivity index (χ0v) is 17.3. The van der Waals surface area contributed by atoms with E-state index >= 15 is 0 Å². The molecule has 2 heterocycles. The number of rotatable bonds is 4. The molecule has 0 unspecified atom stereocenters. The highest BCUT2D eigenvalue weighted by Gasteiger charge is 2.24. The van der Waals surface area contributed by atoms with Crippen LogP contribution in [0.2, 0.25) is 0 Å². The van der Waals surface area contributed by atoms with E-state index in [0.29, 0.717) is 24.8 Å². The summed E-state index contributed by atoms with van der Waals surface area (Å²) in [5.74, 6) is 0.772. The van der Waals surface area contributed by atoms with Crippen LogP contribution in [0.1, 0.15) is 54.6 Å². The van der Waals surface area contributed by atoms with Gasteiger partial charge in [0, 0.05) is 44.0 Å². The van der Waals surface area contributed by atoms with Gasteiger partial charge in [-0.1, -0.05) is 37.8 Å². The van der Waals surface area contributed by atoms with Gasteiger partial charge < -0.3 is 15.1 Å². The number of piperazine rings is 1. The maximum atomic E-state index is 13.0. The maximum Gasteiger partial charge on any atom is 0.272 e. The van der Waals surface area contributed by atoms with Crippen LogP contribution in [0, 0.1) is 6.92 Å². The first kappa shape index (κ1) is 19.7. The van der Waals surface area contributed by atoms with E-state index in [4.69, 9.17) is 0 Å². The van der Waals surface area contributed by atoms with E-state index in [0.717, 1.165) is 18.9 Å². The number of nitrogens with one attached hydrogen (secondary N) is 1. The van der Waals surface area contributed by atoms with Gasteiger partial charge in [0.1, 0.15) is 17.8 Å². The van der Waals surface area contributed by atoms with Crippen LogP contribution in [0.4, 0.5) is 11.5 Å². The monoisotopic (exact) mass is 393 g/mol. The summed E-state index contributed by atoms with van der Waals surface area (Å²) in [4.78, 5) is 25.8. The first-order chi connectivity index (χ1) is 14.2. The summed E-state index contributed by atoms with van der Waals surface area (Å²) in [6.07, 6.45) is 9.03. The van der Waals surface area contributed by atoms with Crippen LogP contribution in [0.3, 0.4) is 0 Å². The highest BCUT2D eigenvalue weighted by atomic mass is 16.2. The van der Waals surface area contributed by atoms with Crippen LogP contribution in [-0.4, -0.2) is 53.0 Å². The van der Waals surface area contributed by atoms with Crippen molar-refractivity contribution in [3.63, 3.8) is 0 Å². The Morgan fingerprint density at radius 1 is 1.00 bits per heavy atom. The molecule has 29 heavy (non-hydrogen) atoms. The molecule has 0 bridgehead atoms. The van der Waals surface area contributed by atoms with Crippen LogP contribution in [-0.2, 0) is 0 Å². The Bertz CT molecular complexity index is 824. The standard InChI is InChI=1S/C23H31N5O/c1-18-7-6-10-20(15-18)27-11-13-28(14-12-27)23(29)21-16-22(25-17-24-21)26-19-8-4-2-3-5-9-19/h6-7,10,15-17,19H,2-5,8-9,11-14H2,1H3,(H,24,25,26). The number of hydrogen-bond donors (Lipinski definition) is 1. The number of hydrogen-bond acceptors (Lipinski definition) is 5. The molecule has 1 amide bonds. The topological polar surface area (TPSA) is 61.4 Å². The Kier molecular flexibility index (Phi) is 6.27. The molecule has 4 rings (SSSR count). The van der Waals surface area contributed by atoms with E-state index in [1.807, 2.05) is 11.0 Å². The van der Waals surface area contributed by atoms with Crippen LogP contribution < -0.4 is 10.2 Å². The van der Waals surface area contributed by atoms with Crippen molar-refractivity contribution in [2.75, 3.05) is 36.4 Å². The predicted octanol–water partition coefficient (Wildman–Crippen LogP) is 3.88. The summed E-state index contributed by atoms with van der Waals surface area (Å²) >= 11 is 0. The average Bonchev–Trinajstić information content (AvgIpc) is 3.02. The summed E-state index contributed by atoms with van der Waals surface area (Å²) in [6, 6.07) is 10.8. The Morgan fingerprint density at radius 3 is 2.48 bits per heavy atom. The number of nitrogens with zero attached hydrogens (tertiary/aromatic N) is 4. The van der Waals surface area contributed by atoms with Gasteiger partial charge in [0.15, 0.2) is 0 Å². The van der Waals surface area contributed by atoms with Gasteiger partial charge in [0.05, 0.1) is 0 Å². The third-order valence-electron chi connectivity index (χ3n) is 6.03. The van der Waals surface area contributed by atoms with Gasteiger partial charge in [-0.3, -0.25) is 4.79 Å². The van der Waals surface area contributed by atoms with E-state index in [9.17, 15) is 4.79 Å². The van der Waals surface area contributed by atoms with Crippen molar-refractivity contribution in [1.29, 1.82) is 0 Å². The number of aryl methyl sites for hydroxylation is 1. The van der Waals surface area contributed by atoms with E-state index in [1.54, 1.807) is 0 Å². The average molecular weight is 394 g/mol. The summed E-state index contributed by atoms with van der Waals surface area (Å²) in [5.41, 5.74) is 2.98. The molecule has 0 radical (unpaired) electrons. The molecule has 1 aliphatic heterocycles. The van der Waals surface area contributed by atoms with Gasteiger partial charge in [-0.2, -0.15) is 0 Å². The van der Waals surface area contributed by atoms with Crippen molar-refractivity contribution in [1.82, 2.24) is 14.9 Å². The minimum Gasteiger partial charge on any atom is -0.368 e. The van der Waals surface area contributed by atoms with Gasteiger partial charge in [-0.15, -0.1) is 0 Å². The quantitative estimate of drug-likeness (QED) is 0.799. The van der Waals surface area contributed by atoms with Gasteiger partial charge in [0.2, 0.25) is 0 Å². The number of aromatic nitrogens is 2. The molecule has 1 aromatic heterocycles. The van der Waals surface area contributed by atoms with Crippen molar-refractivity contribution < 1.29 is 4.79 Å². The number of carbonyl (C=O) groups excluding carboxylic acids is 1. The Morgan fingerprint density at radius 2 is 1.76 bits per heavy atom. The fourth-order valence-corrected chi connectivity index (χ4v) is 4.34. The second kappa shape index (κ2) is 9.25. The molecule has 2 fully saturated rings. The highest BCUT2D eigenvalue weighted by Crippen LogP contribution is 2.21. The summed E-state index contributed by atoms with van der Waals surface area (Å²) in [7, 11) is 0. The van der Waals surface area contributed by atoms with E-state index < -0.39 is 0 Å². The molecule has 1 aliphatic carbocycles. The zero-order valence-electron chi connectivity index (χ0n) is 17.3. The Balaban J connectivity index is 1.36. The highest BCUT2D eigenvalue weighted by molar-refractivity contribution is 5.93. The number of amides is 1. The Hall–Kier alpha value is -2.63. The minimum atomic E-state index is 0.000193. The lowest BCUT2D eigenvalue weighted by molar-refractivity contribution is 0.0740. The summed E-state index contributed by atoms with van der Waals surface area (Å²) in [5, 5.41) is 3.52. The molecule has 0 spiro atoms. The van der Waals surface area contributed by atoms with Crippen molar-refractivity contribution in [2.24, 2.45) is 0 Å². The van der Waals surface area contributed by atoms with Gasteiger partial charge in [-0.25, -0.2) is 9.97 Å². The van der Waals surface area contributed by atoms with Crippen LogP contribution >= 0.6 is 0 Å². The van der Waals surface area contributed by atoms with Crippen LogP contribution in [0.5, 0.6) is 0 Å². The number of benzene rings is 1. The molecule has 1 aromatic carbocycles. The molecule has 1 N–H and O–H groups in total. The zero-order chi connectivity index (χ0) is 20.1. The molecule has 154 valence electrons. The van der Waals surface area contributed by atoms with Gasteiger partial charge >= 0.3 is 0 Å². The molecule has 0 atom stereocenters. The van der Waals surface area contributed by atoms with Crippen LogP contribution in [0.15, 0.2) is 36.7 Å². The molecule has 6 nitrogen and oxygen atoms in total. The first-order valence-electron chi connectivity index (χ1n) is 10.9. The predicted molar refractivity (Wildman–Crippen MR) is 116 cm³/mol. The second-order valence-corrected chi connectivity index (χ2v) is 8.24. The molecule has 1 saturated heterocycles. The molecular formula is C23H31N5O. The maximum absolute atomic E-state index is 13.0. The second-order valence-electron chi connectivity index (χ2n) is 8.24. The van der Waals surface area contributed by atoms with Crippen molar-refractivity contribution >= 4 is 17.4 Å². The Labute approximate surface area is 173 Å². The molecule has 1 saturated carbocycles. The van der Waals surface area contributed by atoms with Crippen molar-refractivity contribution in [3.8, 4) is 0 Å². The normalized spacial score (nSPS) is 18.4. The molecule has 6 heteroatoms. The third-order valence-corrected chi connectivity index (χ3v) is 6.03. The lowest BCUT2D eigenvalue weighted by Gasteiger charge is -2.36. The summed E-state index contributed by atoms with van der Waals surface area (Å²) < 4.78 is 0. The molecule has 2 aliphatic rings. The van der Waals surface area contributed by atoms with Crippen molar-refractivity contribution in [2.45, 2.75) is 51.5 Å². The first-order valence-corrected chi connectivity index (χ1v) is 10.9. The fourth-order valence-electron chi connectivity index (χ4n) is 4.34. The minimum absolute atomic E-state index is 0.000193. The van der Waals surface area contributed by atoms with Gasteiger partial charge in [-0.05, 0) is 37.5 Å². The van der Waals surface area contributed by atoms with E-state index in [2.05, 4.69) is 51.4 Å². The van der Waals surface area contributed by atoms with E-state index in [-0.39, 0.29) is 5.91 Å². The molecule has 2 aromatic rings. The van der Waals surface area contributed by atoms with Gasteiger partial charge in [0.25, 0.3) is 5.91 Å². The number of anilines is 2. The lowest BCUT2D eigenvalue weighted by atomic mass is 10.1. The third kappa shape index (κ3) is 5.05. The van der Waals surface area contributed by atoms with Crippen molar-refractivity contribution in [3.05, 3.63) is 47.9 Å². The molecular weight excluding hydrogens is 362 g/mol. The summed E-state index contributed by atoms with van der Waals surface area (Å²) in [6.45, 7) is 5.21. The largest absolute Gasteiger partial charge is 0.368 e. The number of carbonyl (C=O) groups is 1. The van der Waals surface area contributed by atoms with Crippen LogP contribution in [0.25, 0.3) is 0 Å². The fraction of sp³-hybridized carbons (Fsp3) is 0.522. The van der Waals surface area contributed by atoms with E-state index in [1.165, 1.54) is 56.1 Å².